The fourth-order valence-electron chi connectivity index (χ4n) is 3.96. The highest BCUT2D eigenvalue weighted by Gasteiger charge is 2.21. The zero-order valence-electron chi connectivity index (χ0n) is 18.6. The molecular weight excluding hydrogens is 451 g/mol. The zero-order chi connectivity index (χ0) is 23.4. The molecule has 6 heterocycles. The van der Waals surface area contributed by atoms with Crippen molar-refractivity contribution in [2.75, 3.05) is 19.0 Å². The Morgan fingerprint density at radius 3 is 2.71 bits per heavy atom. The van der Waals surface area contributed by atoms with Gasteiger partial charge in [-0.15, -0.1) is 11.3 Å². The highest BCUT2D eigenvalue weighted by atomic mass is 32.1. The molecule has 2 N–H and O–H groups in total. The Morgan fingerprint density at radius 2 is 1.91 bits per heavy atom. The summed E-state index contributed by atoms with van der Waals surface area (Å²) in [5, 5.41) is 7.55. The van der Waals surface area contributed by atoms with Crippen LogP contribution >= 0.6 is 11.3 Å². The first-order valence-electron chi connectivity index (χ1n) is 10.6. The summed E-state index contributed by atoms with van der Waals surface area (Å²) in [4.78, 5) is 25.2. The second kappa shape index (κ2) is 7.70. The van der Waals surface area contributed by atoms with Crippen LogP contribution in [0.1, 0.15) is 4.88 Å². The summed E-state index contributed by atoms with van der Waals surface area (Å²) in [6.45, 7) is 2.07. The monoisotopic (exact) mass is 470 g/mol. The van der Waals surface area contributed by atoms with E-state index in [-0.39, 0.29) is 5.69 Å². The number of fused-ring (bicyclic) bond motifs is 2. The van der Waals surface area contributed by atoms with Gasteiger partial charge in [0.15, 0.2) is 17.3 Å². The molecule has 0 unspecified atom stereocenters. The quantitative estimate of drug-likeness (QED) is 0.367. The normalized spacial score (nSPS) is 11.5. The predicted molar refractivity (Wildman–Crippen MR) is 132 cm³/mol. The van der Waals surface area contributed by atoms with E-state index < -0.39 is 5.82 Å². The third-order valence-electron chi connectivity index (χ3n) is 5.68. The molecule has 8 nitrogen and oxygen atoms in total. The van der Waals surface area contributed by atoms with Gasteiger partial charge in [-0.05, 0) is 31.2 Å². The molecule has 0 spiro atoms. The number of pyridine rings is 3. The van der Waals surface area contributed by atoms with Crippen molar-refractivity contribution in [2.45, 2.75) is 6.92 Å². The molecule has 0 atom stereocenters. The van der Waals surface area contributed by atoms with E-state index in [1.807, 2.05) is 31.1 Å². The number of imidazole rings is 1. The van der Waals surface area contributed by atoms with Gasteiger partial charge in [0.2, 0.25) is 0 Å². The smallest absolute Gasteiger partial charge is 0.178 e. The van der Waals surface area contributed by atoms with Gasteiger partial charge in [-0.25, -0.2) is 14.4 Å². The average molecular weight is 471 g/mol. The number of aromatic nitrogens is 7. The van der Waals surface area contributed by atoms with Crippen molar-refractivity contribution >= 4 is 39.1 Å². The van der Waals surface area contributed by atoms with Crippen LogP contribution < -0.4 is 4.90 Å². The van der Waals surface area contributed by atoms with E-state index in [1.54, 1.807) is 36.1 Å². The number of hydrogen-bond donors (Lipinski definition) is 2. The third kappa shape index (κ3) is 3.22. The summed E-state index contributed by atoms with van der Waals surface area (Å²) in [7, 11) is 3.81. The van der Waals surface area contributed by atoms with E-state index in [0.29, 0.717) is 33.6 Å². The molecule has 0 aliphatic rings. The second-order valence-corrected chi connectivity index (χ2v) is 9.45. The highest BCUT2D eigenvalue weighted by molar-refractivity contribution is 7.15. The fourth-order valence-corrected chi connectivity index (χ4v) is 4.86. The Morgan fingerprint density at radius 1 is 1.03 bits per heavy atom. The molecule has 168 valence electrons. The largest absolute Gasteiger partial charge is 0.376 e. The molecule has 0 aliphatic carbocycles. The van der Waals surface area contributed by atoms with Crippen LogP contribution in [0.15, 0.2) is 49.1 Å². The minimum atomic E-state index is -0.485. The second-order valence-electron chi connectivity index (χ2n) is 8.16. The Hall–Kier alpha value is -4.18. The molecule has 0 bridgehead atoms. The number of nitrogens with zero attached hydrogens (tertiary/aromatic N) is 6. The fraction of sp³-hybridized carbons (Fsp3) is 0.125. The number of H-pyrrole nitrogens is 2. The van der Waals surface area contributed by atoms with E-state index in [1.165, 1.54) is 4.88 Å². The maximum Gasteiger partial charge on any atom is 0.178 e. The Bertz CT molecular complexity index is 1680. The van der Waals surface area contributed by atoms with Gasteiger partial charge < -0.3 is 9.88 Å². The standard InChI is InChI=1S/C24H19FN8S/c1-12-4-5-17(34-12)15-6-7-27-23-21(15)29-24(30-23)22-18-16(31-32-22)11-28-20(19(18)25)13-8-14(33(2)3)10-26-9-13/h4-11H,1-3H3,(H,31,32)(H,27,29,30). The molecule has 0 aliphatic heterocycles. The van der Waals surface area contributed by atoms with E-state index in [4.69, 9.17) is 0 Å². The summed E-state index contributed by atoms with van der Waals surface area (Å²) in [6, 6.07) is 7.96. The topological polar surface area (TPSA) is 99.3 Å². The molecule has 0 saturated heterocycles. The van der Waals surface area contributed by atoms with Gasteiger partial charge in [-0.1, -0.05) is 0 Å². The lowest BCUT2D eigenvalue weighted by Gasteiger charge is -2.13. The summed E-state index contributed by atoms with van der Waals surface area (Å²) in [5.74, 6) is -0.0489. The molecule has 0 amide bonds. The van der Waals surface area contributed by atoms with Crippen molar-refractivity contribution in [1.29, 1.82) is 0 Å². The van der Waals surface area contributed by atoms with Gasteiger partial charge in [-0.3, -0.25) is 15.1 Å². The maximum absolute atomic E-state index is 15.9. The van der Waals surface area contributed by atoms with Crippen molar-refractivity contribution in [2.24, 2.45) is 0 Å². The number of aromatic amines is 2. The number of anilines is 1. The first kappa shape index (κ1) is 20.4. The van der Waals surface area contributed by atoms with Crippen LogP contribution in [-0.2, 0) is 0 Å². The number of hydrogen-bond acceptors (Lipinski definition) is 7. The first-order chi connectivity index (χ1) is 16.5. The van der Waals surface area contributed by atoms with Gasteiger partial charge in [0.05, 0.1) is 34.5 Å². The molecule has 6 rings (SSSR count). The lowest BCUT2D eigenvalue weighted by Crippen LogP contribution is -2.09. The van der Waals surface area contributed by atoms with E-state index in [2.05, 4.69) is 54.2 Å². The minimum absolute atomic E-state index is 0.204. The maximum atomic E-state index is 15.9. The summed E-state index contributed by atoms with van der Waals surface area (Å²) >= 11 is 1.70. The van der Waals surface area contributed by atoms with Crippen LogP contribution in [0.2, 0.25) is 0 Å². The number of rotatable bonds is 4. The minimum Gasteiger partial charge on any atom is -0.376 e. The molecule has 0 aromatic carbocycles. The van der Waals surface area contributed by atoms with Crippen molar-refractivity contribution < 1.29 is 4.39 Å². The molecule has 0 radical (unpaired) electrons. The van der Waals surface area contributed by atoms with Crippen LogP contribution in [0.4, 0.5) is 10.1 Å². The lowest BCUT2D eigenvalue weighted by atomic mass is 10.1. The molecular formula is C24H19FN8S. The SMILES string of the molecule is Cc1ccc(-c2ccnc3nc(-c4n[nH]c5cnc(-c6cncc(N(C)C)c6)c(F)c45)[nH]c23)s1. The number of thiophene rings is 1. The molecule has 0 saturated carbocycles. The molecule has 10 heteroatoms. The summed E-state index contributed by atoms with van der Waals surface area (Å²) < 4.78 is 15.9. The lowest BCUT2D eigenvalue weighted by molar-refractivity contribution is 0.638. The van der Waals surface area contributed by atoms with Crippen LogP contribution in [0.25, 0.3) is 55.3 Å². The van der Waals surface area contributed by atoms with Crippen molar-refractivity contribution in [3.63, 3.8) is 0 Å². The van der Waals surface area contributed by atoms with E-state index in [0.717, 1.165) is 21.6 Å². The van der Waals surface area contributed by atoms with Gasteiger partial charge in [0.1, 0.15) is 11.4 Å². The van der Waals surface area contributed by atoms with Gasteiger partial charge in [0, 0.05) is 47.4 Å². The number of halogens is 1. The molecule has 0 fully saturated rings. The highest BCUT2D eigenvalue weighted by Crippen LogP contribution is 2.35. The summed E-state index contributed by atoms with van der Waals surface area (Å²) in [5.41, 5.74) is 4.83. The van der Waals surface area contributed by atoms with Crippen molar-refractivity contribution in [1.82, 2.24) is 35.1 Å². The molecule has 6 aromatic rings. The average Bonchev–Trinajstić information content (AvgIpc) is 3.56. The summed E-state index contributed by atoms with van der Waals surface area (Å²) in [6.07, 6.45) is 6.63. The molecule has 34 heavy (non-hydrogen) atoms. The van der Waals surface area contributed by atoms with Gasteiger partial charge in [-0.2, -0.15) is 5.10 Å². The first-order valence-corrected chi connectivity index (χ1v) is 11.4. The predicted octanol–water partition coefficient (Wildman–Crippen LogP) is 5.20. The van der Waals surface area contributed by atoms with Crippen LogP contribution in [0, 0.1) is 12.7 Å². The van der Waals surface area contributed by atoms with E-state index >= 15 is 4.39 Å². The van der Waals surface area contributed by atoms with Gasteiger partial charge in [0.25, 0.3) is 0 Å². The van der Waals surface area contributed by atoms with Crippen molar-refractivity contribution in [3.8, 4) is 33.2 Å². The Balaban J connectivity index is 1.52. The van der Waals surface area contributed by atoms with Gasteiger partial charge >= 0.3 is 0 Å². The Kier molecular flexibility index (Phi) is 4.63. The number of aryl methyl sites for hydroxylation is 1. The van der Waals surface area contributed by atoms with Crippen LogP contribution in [0.3, 0.4) is 0 Å². The Labute approximate surface area is 197 Å². The van der Waals surface area contributed by atoms with Crippen molar-refractivity contribution in [3.05, 3.63) is 59.7 Å². The zero-order valence-corrected chi connectivity index (χ0v) is 19.4. The number of nitrogens with one attached hydrogen (secondary N) is 2. The third-order valence-corrected chi connectivity index (χ3v) is 6.71. The molecule has 6 aromatic heterocycles. The van der Waals surface area contributed by atoms with E-state index in [9.17, 15) is 0 Å². The van der Waals surface area contributed by atoms with Crippen LogP contribution in [-0.4, -0.2) is 49.2 Å². The van der Waals surface area contributed by atoms with Crippen LogP contribution in [0.5, 0.6) is 0 Å².